The van der Waals surface area contributed by atoms with E-state index in [1.165, 1.54) is 0 Å². The van der Waals surface area contributed by atoms with Crippen molar-refractivity contribution in [3.8, 4) is 0 Å². The van der Waals surface area contributed by atoms with Crippen LogP contribution in [0.1, 0.15) is 20.3 Å². The van der Waals surface area contributed by atoms with Gasteiger partial charge in [-0.3, -0.25) is 4.79 Å². The number of allylic oxidation sites excluding steroid dienone is 1. The minimum absolute atomic E-state index is 0.111. The molecule has 0 aliphatic carbocycles. The molecule has 60 valence electrons. The van der Waals surface area contributed by atoms with Crippen molar-refractivity contribution in [3.05, 3.63) is 11.8 Å². The maximum Gasteiger partial charge on any atom is 0.256 e. The third kappa shape index (κ3) is 1.53. The lowest BCUT2D eigenvalue weighted by Gasteiger charge is -1.97. The number of likely N-dealkylation sites (N-methyl/N-ethyl adjacent to an activating group) is 1. The summed E-state index contributed by atoms with van der Waals surface area (Å²) < 4.78 is 1.71. The lowest BCUT2D eigenvalue weighted by molar-refractivity contribution is -0.570. The van der Waals surface area contributed by atoms with E-state index < -0.39 is 0 Å². The molecule has 0 saturated carbocycles. The summed E-state index contributed by atoms with van der Waals surface area (Å²) in [5.74, 6) is 0.230. The van der Waals surface area contributed by atoms with Gasteiger partial charge in [0.05, 0.1) is 0 Å². The summed E-state index contributed by atoms with van der Waals surface area (Å²) in [5, 5.41) is 4.11. The molecule has 3 nitrogen and oxygen atoms in total. The first-order valence-electron chi connectivity index (χ1n) is 3.80. The average Bonchev–Trinajstić information content (AvgIpc) is 2.28. The number of rotatable bonds is 2. The van der Waals surface area contributed by atoms with Crippen LogP contribution in [0.5, 0.6) is 0 Å². The van der Waals surface area contributed by atoms with E-state index in [-0.39, 0.29) is 11.8 Å². The number of carbonyl (C=O) groups excluding carboxylic acids is 1. The largest absolute Gasteiger partial charge is 0.292 e. The zero-order valence-corrected chi connectivity index (χ0v) is 7.16. The molecule has 0 amide bonds. The van der Waals surface area contributed by atoms with Crippen molar-refractivity contribution in [2.24, 2.45) is 5.11 Å². The zero-order chi connectivity index (χ0) is 8.43. The van der Waals surface area contributed by atoms with Crippen molar-refractivity contribution in [1.29, 1.82) is 0 Å². The van der Waals surface area contributed by atoms with E-state index in [1.54, 1.807) is 4.70 Å². The molecule has 1 aliphatic rings. The number of ketones is 1. The van der Waals surface area contributed by atoms with Gasteiger partial charge in [0, 0.05) is 12.5 Å². The number of hydrogen-bond donors (Lipinski definition) is 0. The van der Waals surface area contributed by atoms with Gasteiger partial charge >= 0.3 is 0 Å². The highest BCUT2D eigenvalue weighted by atomic mass is 16.1. The molecule has 1 heterocycles. The van der Waals surface area contributed by atoms with Crippen molar-refractivity contribution in [2.75, 3.05) is 7.05 Å². The second-order valence-electron chi connectivity index (χ2n) is 2.75. The highest BCUT2D eigenvalue weighted by Gasteiger charge is 2.28. The third-order valence-corrected chi connectivity index (χ3v) is 1.80. The molecule has 11 heavy (non-hydrogen) atoms. The first-order valence-corrected chi connectivity index (χ1v) is 3.80. The van der Waals surface area contributed by atoms with Crippen LogP contribution in [0.25, 0.3) is 0 Å². The molecular formula is C8H13N2O+. The Labute approximate surface area is 66.4 Å². The lowest BCUT2D eigenvalue weighted by Crippen LogP contribution is -2.25. The number of hydrogen-bond acceptors (Lipinski definition) is 2. The normalized spacial score (nSPS) is 23.0. The fourth-order valence-electron chi connectivity index (χ4n) is 1.19. The summed E-state index contributed by atoms with van der Waals surface area (Å²) in [7, 11) is 1.82. The first kappa shape index (κ1) is 8.11. The monoisotopic (exact) mass is 153 g/mol. The molecule has 3 heteroatoms. The standard InChI is InChI=1S/C8H13N2O/c1-4-8(11)7-5-6(2)9-10(7)3/h5,7H,4H2,1-3H3/q+1. The van der Waals surface area contributed by atoms with E-state index in [2.05, 4.69) is 5.11 Å². The van der Waals surface area contributed by atoms with Gasteiger partial charge in [-0.2, -0.15) is 0 Å². The van der Waals surface area contributed by atoms with Gasteiger partial charge in [-0.05, 0) is 12.0 Å². The van der Waals surface area contributed by atoms with Crippen molar-refractivity contribution >= 4 is 5.78 Å². The van der Waals surface area contributed by atoms with E-state index in [9.17, 15) is 4.79 Å². The van der Waals surface area contributed by atoms with Crippen molar-refractivity contribution in [1.82, 2.24) is 0 Å². The summed E-state index contributed by atoms with van der Waals surface area (Å²) in [6.45, 7) is 3.77. The van der Waals surface area contributed by atoms with Crippen LogP contribution < -0.4 is 0 Å². The Balaban J connectivity index is 2.77. The fraction of sp³-hybridized carbons (Fsp3) is 0.625. The van der Waals surface area contributed by atoms with Crippen molar-refractivity contribution in [3.63, 3.8) is 0 Å². The highest BCUT2D eigenvalue weighted by molar-refractivity contribution is 5.84. The van der Waals surface area contributed by atoms with Gasteiger partial charge in [0.25, 0.3) is 6.04 Å². The average molecular weight is 153 g/mol. The van der Waals surface area contributed by atoms with Crippen molar-refractivity contribution in [2.45, 2.75) is 26.3 Å². The predicted octanol–water partition coefficient (Wildman–Crippen LogP) is 1.35. The molecule has 0 radical (unpaired) electrons. The Bertz CT molecular complexity index is 240. The maximum atomic E-state index is 11.2. The molecule has 0 spiro atoms. The molecule has 0 fully saturated rings. The van der Waals surface area contributed by atoms with E-state index in [0.29, 0.717) is 6.42 Å². The van der Waals surface area contributed by atoms with Gasteiger partial charge in [-0.15, -0.1) is 4.70 Å². The fourth-order valence-corrected chi connectivity index (χ4v) is 1.19. The molecule has 1 atom stereocenters. The minimum Gasteiger partial charge on any atom is -0.292 e. The van der Waals surface area contributed by atoms with Gasteiger partial charge in [-0.1, -0.05) is 6.92 Å². The molecule has 0 aromatic carbocycles. The molecular weight excluding hydrogens is 140 g/mol. The number of Topliss-reactive ketones (excluding diaryl/α,β-unsaturated/α-hetero) is 1. The van der Waals surface area contributed by atoms with Gasteiger partial charge in [0.2, 0.25) is 5.78 Å². The Morgan fingerprint density at radius 3 is 2.82 bits per heavy atom. The minimum atomic E-state index is -0.111. The molecule has 0 aromatic heterocycles. The van der Waals surface area contributed by atoms with E-state index in [4.69, 9.17) is 0 Å². The first-order chi connectivity index (χ1) is 5.15. The van der Waals surface area contributed by atoms with Crippen LogP contribution in [0.2, 0.25) is 0 Å². The maximum absolute atomic E-state index is 11.2. The smallest absolute Gasteiger partial charge is 0.256 e. The quantitative estimate of drug-likeness (QED) is 0.551. The highest BCUT2D eigenvalue weighted by Crippen LogP contribution is 2.11. The van der Waals surface area contributed by atoms with Crippen LogP contribution in [0.3, 0.4) is 0 Å². The van der Waals surface area contributed by atoms with E-state index in [0.717, 1.165) is 5.70 Å². The Morgan fingerprint density at radius 1 is 1.82 bits per heavy atom. The number of carbonyl (C=O) groups is 1. The zero-order valence-electron chi connectivity index (χ0n) is 7.16. The molecule has 0 aromatic rings. The Hall–Kier alpha value is -0.990. The topological polar surface area (TPSA) is 32.4 Å². The predicted molar refractivity (Wildman–Crippen MR) is 41.5 cm³/mol. The van der Waals surface area contributed by atoms with Gasteiger partial charge in [0.15, 0.2) is 7.05 Å². The molecule has 1 unspecified atom stereocenters. The summed E-state index contributed by atoms with van der Waals surface area (Å²) >= 11 is 0. The van der Waals surface area contributed by atoms with Crippen molar-refractivity contribution < 1.29 is 9.49 Å². The molecule has 0 bridgehead atoms. The Morgan fingerprint density at radius 2 is 2.45 bits per heavy atom. The molecule has 1 aliphatic heterocycles. The van der Waals surface area contributed by atoms with E-state index >= 15 is 0 Å². The van der Waals surface area contributed by atoms with Gasteiger partial charge < -0.3 is 0 Å². The van der Waals surface area contributed by atoms with E-state index in [1.807, 2.05) is 27.0 Å². The van der Waals surface area contributed by atoms with Crippen LogP contribution in [-0.2, 0) is 4.79 Å². The van der Waals surface area contributed by atoms with Crippen LogP contribution in [0, 0.1) is 0 Å². The summed E-state index contributed by atoms with van der Waals surface area (Å²) in [5.41, 5.74) is 0.930. The Kier molecular flexibility index (Phi) is 2.17. The van der Waals surface area contributed by atoms with Crippen LogP contribution in [-0.4, -0.2) is 23.6 Å². The molecule has 0 N–H and O–H groups in total. The molecule has 1 rings (SSSR count). The summed E-state index contributed by atoms with van der Waals surface area (Å²) in [6.07, 6.45) is 2.47. The van der Waals surface area contributed by atoms with Crippen LogP contribution in [0.15, 0.2) is 16.9 Å². The van der Waals surface area contributed by atoms with Gasteiger partial charge in [-0.25, -0.2) is 0 Å². The summed E-state index contributed by atoms with van der Waals surface area (Å²) in [4.78, 5) is 11.2. The summed E-state index contributed by atoms with van der Waals surface area (Å²) in [6, 6.07) is -0.111. The lowest BCUT2D eigenvalue weighted by atomic mass is 10.1. The second-order valence-corrected chi connectivity index (χ2v) is 2.75. The second kappa shape index (κ2) is 2.95. The number of azo groups is 2. The third-order valence-electron chi connectivity index (χ3n) is 1.80. The number of nitrogens with zero attached hydrogens (tertiary/aromatic N) is 2. The molecule has 0 saturated heterocycles. The van der Waals surface area contributed by atoms with Gasteiger partial charge in [0.1, 0.15) is 5.70 Å². The SMILES string of the molecule is CCC(=O)C1C=C(C)N=[N+]1C. The van der Waals surface area contributed by atoms with Crippen LogP contribution >= 0.6 is 0 Å². The van der Waals surface area contributed by atoms with Crippen LogP contribution in [0.4, 0.5) is 0 Å².